The number of aldehydes is 1. The summed E-state index contributed by atoms with van der Waals surface area (Å²) in [5.41, 5.74) is 3.07. The van der Waals surface area contributed by atoms with Crippen LogP contribution in [0.2, 0.25) is 0 Å². The summed E-state index contributed by atoms with van der Waals surface area (Å²) in [4.78, 5) is 24.1. The molecule has 8 heteroatoms. The molecule has 1 aliphatic heterocycles. The summed E-state index contributed by atoms with van der Waals surface area (Å²) in [5, 5.41) is 6.13. The molecule has 1 unspecified atom stereocenters. The van der Waals surface area contributed by atoms with Crippen LogP contribution in [-0.2, 0) is 4.79 Å². The first-order valence-corrected chi connectivity index (χ1v) is 11.0. The van der Waals surface area contributed by atoms with Crippen LogP contribution >= 0.6 is 0 Å². The Kier molecular flexibility index (Phi) is 7.30. The maximum Gasteiger partial charge on any atom is 0.281 e. The van der Waals surface area contributed by atoms with Crippen molar-refractivity contribution in [1.82, 2.24) is 5.01 Å². The fraction of sp³-hybridized carbons (Fsp3) is 0.222. The third kappa shape index (κ3) is 5.27. The van der Waals surface area contributed by atoms with Crippen molar-refractivity contribution in [2.45, 2.75) is 12.5 Å². The van der Waals surface area contributed by atoms with Crippen molar-refractivity contribution >= 4 is 17.9 Å². The van der Waals surface area contributed by atoms with Crippen LogP contribution in [0.5, 0.6) is 23.0 Å². The topological polar surface area (TPSA) is 86.7 Å². The lowest BCUT2D eigenvalue weighted by Crippen LogP contribution is -2.31. The first-order valence-electron chi connectivity index (χ1n) is 11.0. The molecule has 35 heavy (non-hydrogen) atoms. The van der Waals surface area contributed by atoms with Gasteiger partial charge in [-0.1, -0.05) is 6.07 Å². The zero-order valence-corrected chi connectivity index (χ0v) is 19.8. The van der Waals surface area contributed by atoms with Crippen molar-refractivity contribution < 1.29 is 28.5 Å². The second-order valence-corrected chi connectivity index (χ2v) is 7.82. The van der Waals surface area contributed by atoms with E-state index >= 15 is 0 Å². The van der Waals surface area contributed by atoms with E-state index in [1.54, 1.807) is 45.6 Å². The van der Waals surface area contributed by atoms with Crippen LogP contribution < -0.4 is 18.9 Å². The minimum atomic E-state index is -0.347. The summed E-state index contributed by atoms with van der Waals surface area (Å²) in [6.07, 6.45) is 1.27. The van der Waals surface area contributed by atoms with Gasteiger partial charge in [-0.15, -0.1) is 0 Å². The molecule has 0 saturated carbocycles. The van der Waals surface area contributed by atoms with Crippen LogP contribution in [0.15, 0.2) is 71.8 Å². The summed E-state index contributed by atoms with van der Waals surface area (Å²) in [7, 11) is 4.76. The minimum Gasteiger partial charge on any atom is -0.497 e. The smallest absolute Gasteiger partial charge is 0.281 e. The summed E-state index contributed by atoms with van der Waals surface area (Å²) in [6, 6.07) is 19.4. The van der Waals surface area contributed by atoms with Crippen molar-refractivity contribution in [1.29, 1.82) is 0 Å². The van der Waals surface area contributed by atoms with E-state index in [1.807, 2.05) is 42.5 Å². The van der Waals surface area contributed by atoms with Gasteiger partial charge in [0, 0.05) is 12.0 Å². The molecule has 1 amide bonds. The predicted octanol–water partition coefficient (Wildman–Crippen LogP) is 4.28. The highest BCUT2D eigenvalue weighted by Gasteiger charge is 2.34. The first kappa shape index (κ1) is 23.8. The number of nitrogens with zero attached hydrogens (tertiary/aromatic N) is 2. The van der Waals surface area contributed by atoms with E-state index in [1.165, 1.54) is 5.01 Å². The number of hydrogen-bond donors (Lipinski definition) is 0. The largest absolute Gasteiger partial charge is 0.497 e. The highest BCUT2D eigenvalue weighted by Crippen LogP contribution is 2.37. The summed E-state index contributed by atoms with van der Waals surface area (Å²) in [6.45, 7) is -0.205. The van der Waals surface area contributed by atoms with E-state index in [0.29, 0.717) is 29.2 Å². The molecule has 1 aliphatic rings. The summed E-state index contributed by atoms with van der Waals surface area (Å²) >= 11 is 0. The molecule has 180 valence electrons. The van der Waals surface area contributed by atoms with Crippen LogP contribution in [0.1, 0.15) is 33.9 Å². The molecule has 1 atom stereocenters. The number of amides is 1. The zero-order chi connectivity index (χ0) is 24.8. The van der Waals surface area contributed by atoms with Crippen LogP contribution in [0, 0.1) is 0 Å². The molecule has 0 spiro atoms. The lowest BCUT2D eigenvalue weighted by atomic mass is 9.98. The average Bonchev–Trinajstić information content (AvgIpc) is 3.37. The van der Waals surface area contributed by atoms with Gasteiger partial charge >= 0.3 is 0 Å². The summed E-state index contributed by atoms with van der Waals surface area (Å²) in [5.74, 6) is 2.11. The lowest BCUT2D eigenvalue weighted by Gasteiger charge is -2.23. The maximum absolute atomic E-state index is 13.2. The van der Waals surface area contributed by atoms with Gasteiger partial charge in [-0.2, -0.15) is 5.10 Å². The number of hydrazone groups is 1. The molecule has 4 rings (SSSR count). The van der Waals surface area contributed by atoms with E-state index in [2.05, 4.69) is 5.10 Å². The molecule has 0 fully saturated rings. The number of methoxy groups -OCH3 is 3. The number of carbonyl (C=O) groups is 2. The fourth-order valence-electron chi connectivity index (χ4n) is 3.87. The highest BCUT2D eigenvalue weighted by molar-refractivity contribution is 6.03. The van der Waals surface area contributed by atoms with Gasteiger partial charge in [0.25, 0.3) is 5.91 Å². The van der Waals surface area contributed by atoms with Gasteiger partial charge in [0.05, 0.1) is 33.1 Å². The van der Waals surface area contributed by atoms with Gasteiger partial charge in [-0.25, -0.2) is 5.01 Å². The molecule has 0 N–H and O–H groups in total. The Bertz CT molecular complexity index is 1220. The molecule has 3 aromatic carbocycles. The van der Waals surface area contributed by atoms with Gasteiger partial charge in [0.15, 0.2) is 18.1 Å². The normalized spacial score (nSPS) is 14.8. The first-order chi connectivity index (χ1) is 17.1. The van der Waals surface area contributed by atoms with E-state index in [-0.39, 0.29) is 18.6 Å². The monoisotopic (exact) mass is 474 g/mol. The van der Waals surface area contributed by atoms with Crippen LogP contribution in [0.4, 0.5) is 0 Å². The van der Waals surface area contributed by atoms with Crippen molar-refractivity contribution in [2.75, 3.05) is 27.9 Å². The predicted molar refractivity (Wildman–Crippen MR) is 131 cm³/mol. The van der Waals surface area contributed by atoms with Gasteiger partial charge in [-0.05, 0) is 71.8 Å². The van der Waals surface area contributed by atoms with E-state index in [9.17, 15) is 9.59 Å². The average molecular weight is 475 g/mol. The third-order valence-corrected chi connectivity index (χ3v) is 5.76. The number of hydrogen-bond acceptors (Lipinski definition) is 7. The summed E-state index contributed by atoms with van der Waals surface area (Å²) < 4.78 is 21.8. The van der Waals surface area contributed by atoms with Crippen molar-refractivity contribution in [3.63, 3.8) is 0 Å². The number of benzene rings is 3. The zero-order valence-electron chi connectivity index (χ0n) is 19.8. The van der Waals surface area contributed by atoms with Crippen molar-refractivity contribution in [3.8, 4) is 23.0 Å². The molecular formula is C27H26N2O6. The second-order valence-electron chi connectivity index (χ2n) is 7.82. The molecule has 0 bridgehead atoms. The maximum atomic E-state index is 13.2. The van der Waals surface area contributed by atoms with Gasteiger partial charge in [0.1, 0.15) is 17.8 Å². The minimum absolute atomic E-state index is 0.205. The molecule has 0 saturated heterocycles. The third-order valence-electron chi connectivity index (χ3n) is 5.76. The fourth-order valence-corrected chi connectivity index (χ4v) is 3.87. The van der Waals surface area contributed by atoms with Gasteiger partial charge < -0.3 is 18.9 Å². The Morgan fingerprint density at radius 2 is 1.60 bits per heavy atom. The highest BCUT2D eigenvalue weighted by atomic mass is 16.5. The van der Waals surface area contributed by atoms with Gasteiger partial charge in [0.2, 0.25) is 0 Å². The Hall–Kier alpha value is -4.33. The Morgan fingerprint density at radius 1 is 0.914 bits per heavy atom. The Labute approximate surface area is 203 Å². The molecule has 0 aromatic heterocycles. The molecule has 3 aromatic rings. The van der Waals surface area contributed by atoms with E-state index in [4.69, 9.17) is 18.9 Å². The Morgan fingerprint density at radius 3 is 2.23 bits per heavy atom. The molecule has 0 radical (unpaired) electrons. The Balaban J connectivity index is 1.60. The SMILES string of the molecule is COc1ccc(C2=NN(C(=O)COc3ccc(C=O)cc3)C(c3ccc(OC)c(OC)c3)C2)cc1. The van der Waals surface area contributed by atoms with Crippen LogP contribution in [-0.4, -0.2) is 50.9 Å². The quantitative estimate of drug-likeness (QED) is 0.430. The van der Waals surface area contributed by atoms with Crippen LogP contribution in [0.25, 0.3) is 0 Å². The molecule has 8 nitrogen and oxygen atoms in total. The molecular weight excluding hydrogens is 448 g/mol. The van der Waals surface area contributed by atoms with Crippen molar-refractivity contribution in [3.05, 3.63) is 83.4 Å². The van der Waals surface area contributed by atoms with Crippen molar-refractivity contribution in [2.24, 2.45) is 5.10 Å². The number of ether oxygens (including phenoxy) is 4. The molecule has 1 heterocycles. The molecule has 0 aliphatic carbocycles. The number of carbonyl (C=O) groups excluding carboxylic acids is 2. The standard InChI is InChI=1S/C27H26N2O6/c1-32-21-11-6-19(7-12-21)23-15-24(20-8-13-25(33-2)26(14-20)34-3)29(28-23)27(31)17-35-22-9-4-18(16-30)5-10-22/h4-14,16,24H,15,17H2,1-3H3. The number of rotatable bonds is 9. The van der Waals surface area contributed by atoms with Crippen LogP contribution in [0.3, 0.4) is 0 Å². The van der Waals surface area contributed by atoms with E-state index in [0.717, 1.165) is 28.9 Å². The van der Waals surface area contributed by atoms with Gasteiger partial charge in [-0.3, -0.25) is 9.59 Å². The van der Waals surface area contributed by atoms with E-state index < -0.39 is 0 Å². The lowest BCUT2D eigenvalue weighted by molar-refractivity contribution is -0.135. The second kappa shape index (κ2) is 10.7.